The second-order valence-electron chi connectivity index (χ2n) is 6.75. The molecule has 1 atom stereocenters. The molecule has 3 rings (SSSR count). The van der Waals surface area contributed by atoms with Crippen molar-refractivity contribution in [1.29, 1.82) is 0 Å². The van der Waals surface area contributed by atoms with E-state index in [-0.39, 0.29) is 23.1 Å². The summed E-state index contributed by atoms with van der Waals surface area (Å²) in [5.41, 5.74) is 3.35. The van der Waals surface area contributed by atoms with Gasteiger partial charge in [-0.15, -0.1) is 0 Å². The van der Waals surface area contributed by atoms with Gasteiger partial charge in [0.2, 0.25) is 10.0 Å². The molecule has 0 aliphatic rings. The zero-order valence-electron chi connectivity index (χ0n) is 16.4. The van der Waals surface area contributed by atoms with Crippen LogP contribution in [-0.4, -0.2) is 27.2 Å². The number of aromatic nitrogens is 1. The molecule has 1 heterocycles. The van der Waals surface area contributed by atoms with E-state index in [1.807, 2.05) is 51.1 Å². The summed E-state index contributed by atoms with van der Waals surface area (Å²) in [6.07, 6.45) is 0. The summed E-state index contributed by atoms with van der Waals surface area (Å²) in [6, 6.07) is 14.7. The van der Waals surface area contributed by atoms with E-state index in [2.05, 4.69) is 9.88 Å². The number of nitrogens with one attached hydrogen (secondary N) is 1. The van der Waals surface area contributed by atoms with Crippen LogP contribution in [0.5, 0.6) is 5.75 Å². The first-order valence-electron chi connectivity index (χ1n) is 8.99. The molecule has 0 spiro atoms. The number of benzene rings is 2. The molecule has 1 aromatic heterocycles. The molecule has 0 unspecified atom stereocenters. The monoisotopic (exact) mass is 400 g/mol. The Morgan fingerprint density at radius 2 is 1.86 bits per heavy atom. The van der Waals surface area contributed by atoms with Gasteiger partial charge in [0.05, 0.1) is 12.8 Å². The lowest BCUT2D eigenvalue weighted by Gasteiger charge is -2.15. The fourth-order valence-electron chi connectivity index (χ4n) is 2.92. The maximum Gasteiger partial charge on any atom is 0.244 e. The number of methoxy groups -OCH3 is 1. The van der Waals surface area contributed by atoms with Gasteiger partial charge in [0.1, 0.15) is 10.6 Å². The number of hydrogen-bond acceptors (Lipinski definition) is 5. The molecule has 0 amide bonds. The van der Waals surface area contributed by atoms with E-state index in [0.717, 1.165) is 16.8 Å². The summed E-state index contributed by atoms with van der Waals surface area (Å²) in [6.45, 7) is 5.99. The van der Waals surface area contributed by atoms with Crippen LogP contribution in [0, 0.1) is 13.8 Å². The molecule has 148 valence electrons. The predicted molar refractivity (Wildman–Crippen MR) is 108 cm³/mol. The second-order valence-corrected chi connectivity index (χ2v) is 8.49. The van der Waals surface area contributed by atoms with Crippen LogP contribution >= 0.6 is 0 Å². The molecular formula is C21H24N2O4S. The van der Waals surface area contributed by atoms with Crippen LogP contribution in [0.3, 0.4) is 0 Å². The van der Waals surface area contributed by atoms with Crippen molar-refractivity contribution in [3.05, 3.63) is 65.4 Å². The summed E-state index contributed by atoms with van der Waals surface area (Å²) in [5, 5.41) is 3.95. The highest BCUT2D eigenvalue weighted by Crippen LogP contribution is 2.32. The van der Waals surface area contributed by atoms with Crippen LogP contribution in [0.4, 0.5) is 0 Å². The van der Waals surface area contributed by atoms with Crippen molar-refractivity contribution in [1.82, 2.24) is 9.88 Å². The van der Waals surface area contributed by atoms with Gasteiger partial charge < -0.3 is 9.26 Å². The van der Waals surface area contributed by atoms with Gasteiger partial charge in [-0.25, -0.2) is 13.1 Å². The minimum Gasteiger partial charge on any atom is -0.495 e. The molecule has 0 aliphatic carbocycles. The molecule has 1 N–H and O–H groups in total. The molecule has 2 aromatic carbocycles. The molecule has 3 aromatic rings. The molecule has 0 bridgehead atoms. The average Bonchev–Trinajstić information content (AvgIpc) is 3.05. The van der Waals surface area contributed by atoms with Crippen LogP contribution in [0.2, 0.25) is 0 Å². The first kappa shape index (κ1) is 20.1. The normalized spacial score (nSPS) is 12.7. The van der Waals surface area contributed by atoms with E-state index in [4.69, 9.17) is 9.26 Å². The van der Waals surface area contributed by atoms with Crippen molar-refractivity contribution in [2.45, 2.75) is 31.6 Å². The Hall–Kier alpha value is -2.64. The summed E-state index contributed by atoms with van der Waals surface area (Å²) in [4.78, 5) is 0.0706. The Morgan fingerprint density at radius 1 is 1.14 bits per heavy atom. The third kappa shape index (κ3) is 4.10. The van der Waals surface area contributed by atoms with Gasteiger partial charge in [0.15, 0.2) is 5.76 Å². The first-order valence-corrected chi connectivity index (χ1v) is 10.5. The molecule has 0 radical (unpaired) electrons. The number of sulfonamides is 1. The van der Waals surface area contributed by atoms with Gasteiger partial charge in [-0.2, -0.15) is 0 Å². The Labute approximate surface area is 165 Å². The molecule has 0 saturated carbocycles. The zero-order valence-corrected chi connectivity index (χ0v) is 17.2. The Balaban J connectivity index is 1.89. The van der Waals surface area contributed by atoms with Crippen molar-refractivity contribution in [3.8, 4) is 17.1 Å². The van der Waals surface area contributed by atoms with E-state index in [1.54, 1.807) is 18.2 Å². The third-order valence-corrected chi connectivity index (χ3v) is 6.27. The highest BCUT2D eigenvalue weighted by atomic mass is 32.2. The molecule has 6 nitrogen and oxygen atoms in total. The van der Waals surface area contributed by atoms with Gasteiger partial charge in [-0.05, 0) is 43.5 Å². The lowest BCUT2D eigenvalue weighted by atomic mass is 10.0. The maximum atomic E-state index is 13.0. The lowest BCUT2D eigenvalue weighted by Crippen LogP contribution is -2.28. The van der Waals surface area contributed by atoms with Gasteiger partial charge in [0.25, 0.3) is 0 Å². The Bertz CT molecular complexity index is 1060. The maximum absolute atomic E-state index is 13.0. The number of ether oxygens (including phenoxy) is 1. The minimum absolute atomic E-state index is 0.0318. The zero-order chi connectivity index (χ0) is 20.3. The van der Waals surface area contributed by atoms with Crippen LogP contribution in [0.1, 0.15) is 29.7 Å². The Kier molecular flexibility index (Phi) is 5.86. The number of rotatable bonds is 7. The Morgan fingerprint density at radius 3 is 2.46 bits per heavy atom. The lowest BCUT2D eigenvalue weighted by molar-refractivity contribution is 0.402. The topological polar surface area (TPSA) is 81.4 Å². The molecule has 28 heavy (non-hydrogen) atoms. The van der Waals surface area contributed by atoms with Crippen LogP contribution < -0.4 is 9.46 Å². The van der Waals surface area contributed by atoms with Crippen molar-refractivity contribution >= 4 is 10.0 Å². The summed E-state index contributed by atoms with van der Waals surface area (Å²) >= 11 is 0. The fourth-order valence-corrected chi connectivity index (χ4v) is 4.25. The van der Waals surface area contributed by atoms with E-state index < -0.39 is 10.0 Å². The minimum atomic E-state index is -3.78. The summed E-state index contributed by atoms with van der Waals surface area (Å²) < 4.78 is 39.3. The van der Waals surface area contributed by atoms with Crippen LogP contribution in [0.25, 0.3) is 11.3 Å². The van der Waals surface area contributed by atoms with Crippen molar-refractivity contribution < 1.29 is 17.7 Å². The predicted octanol–water partition coefficient (Wildman–Crippen LogP) is 4.05. The quantitative estimate of drug-likeness (QED) is 0.647. The van der Waals surface area contributed by atoms with Crippen molar-refractivity contribution in [2.75, 3.05) is 13.7 Å². The highest BCUT2D eigenvalue weighted by molar-refractivity contribution is 7.89. The standard InChI is InChI=1S/C21H24N2O4S/c1-14(17-8-6-5-7-9-17)13-22-28(24,25)20-12-18(10-11-19(20)26-4)21-15(2)16(3)23-27-21/h5-12,14,22H,13H2,1-4H3/t14-/m1/s1. The SMILES string of the molecule is COc1ccc(-c2onc(C)c2C)cc1S(=O)(=O)NC[C@@H](C)c1ccccc1. The molecular weight excluding hydrogens is 376 g/mol. The van der Waals surface area contributed by atoms with Crippen molar-refractivity contribution in [3.63, 3.8) is 0 Å². The summed E-state index contributed by atoms with van der Waals surface area (Å²) in [7, 11) is -2.33. The molecule has 0 fully saturated rings. The van der Waals surface area contributed by atoms with Gasteiger partial charge in [-0.3, -0.25) is 0 Å². The van der Waals surface area contributed by atoms with Crippen molar-refractivity contribution in [2.24, 2.45) is 0 Å². The number of aryl methyl sites for hydroxylation is 1. The number of hydrogen-bond donors (Lipinski definition) is 1. The summed E-state index contributed by atoms with van der Waals surface area (Å²) in [5.74, 6) is 0.857. The number of nitrogens with zero attached hydrogens (tertiary/aromatic N) is 1. The average molecular weight is 401 g/mol. The smallest absolute Gasteiger partial charge is 0.244 e. The third-order valence-electron chi connectivity index (χ3n) is 4.82. The molecule has 0 saturated heterocycles. The molecule has 7 heteroatoms. The first-order chi connectivity index (χ1) is 13.3. The van der Waals surface area contributed by atoms with E-state index >= 15 is 0 Å². The fraction of sp³-hybridized carbons (Fsp3) is 0.286. The molecule has 0 aliphatic heterocycles. The van der Waals surface area contributed by atoms with E-state index in [1.165, 1.54) is 7.11 Å². The highest BCUT2D eigenvalue weighted by Gasteiger charge is 2.23. The van der Waals surface area contributed by atoms with Crippen LogP contribution in [0.15, 0.2) is 57.9 Å². The van der Waals surface area contributed by atoms with Gasteiger partial charge in [0, 0.05) is 17.7 Å². The van der Waals surface area contributed by atoms with Gasteiger partial charge in [-0.1, -0.05) is 42.4 Å². The van der Waals surface area contributed by atoms with Crippen LogP contribution in [-0.2, 0) is 10.0 Å². The van der Waals surface area contributed by atoms with E-state index in [9.17, 15) is 8.42 Å². The van der Waals surface area contributed by atoms with E-state index in [0.29, 0.717) is 11.3 Å². The largest absolute Gasteiger partial charge is 0.495 e. The van der Waals surface area contributed by atoms with Gasteiger partial charge >= 0.3 is 0 Å². The second kappa shape index (κ2) is 8.16.